The molecule has 26 heavy (non-hydrogen) atoms. The summed E-state index contributed by atoms with van der Waals surface area (Å²) >= 11 is 0. The topological polar surface area (TPSA) is 69.8 Å². The summed E-state index contributed by atoms with van der Waals surface area (Å²) in [5, 5.41) is 11.6. The molecule has 1 aliphatic rings. The molecule has 134 valence electrons. The van der Waals surface area contributed by atoms with E-state index < -0.39 is 0 Å². The molecule has 6 heteroatoms. The van der Waals surface area contributed by atoms with Gasteiger partial charge in [0.25, 0.3) is 5.91 Å². The number of carbonyl (C=O) groups excluding carboxylic acids is 1. The van der Waals surface area contributed by atoms with Crippen LogP contribution in [0, 0.1) is 11.3 Å². The van der Waals surface area contributed by atoms with Crippen molar-refractivity contribution in [2.45, 2.75) is 0 Å². The molecule has 0 radical (unpaired) electrons. The van der Waals surface area contributed by atoms with Gasteiger partial charge in [-0.15, -0.1) is 0 Å². The molecular weight excluding hydrogens is 328 g/mol. The lowest BCUT2D eigenvalue weighted by molar-refractivity contribution is -0.880. The molecule has 0 unspecified atom stereocenters. The van der Waals surface area contributed by atoms with E-state index >= 15 is 0 Å². The number of rotatable bonds is 5. The smallest absolute Gasteiger partial charge is 0.262 e. The molecule has 0 spiro atoms. The van der Waals surface area contributed by atoms with Crippen LogP contribution in [0.2, 0.25) is 0 Å². The summed E-state index contributed by atoms with van der Waals surface area (Å²) in [5.41, 5.74) is 2.50. The van der Waals surface area contributed by atoms with Crippen molar-refractivity contribution in [1.82, 2.24) is 0 Å². The molecule has 1 aliphatic heterocycles. The molecule has 1 saturated heterocycles. The summed E-state index contributed by atoms with van der Waals surface area (Å²) in [6.45, 7) is 4.32. The number of ether oxygens (including phenoxy) is 1. The number of hydrogen-bond donors (Lipinski definition) is 2. The van der Waals surface area contributed by atoms with Crippen molar-refractivity contribution in [1.29, 1.82) is 5.26 Å². The van der Waals surface area contributed by atoms with Gasteiger partial charge in [-0.05, 0) is 48.5 Å². The molecule has 6 nitrogen and oxygen atoms in total. The van der Waals surface area contributed by atoms with Crippen LogP contribution in [0.4, 0.5) is 11.4 Å². The molecule has 2 aromatic rings. The van der Waals surface area contributed by atoms with Crippen LogP contribution >= 0.6 is 0 Å². The molecule has 1 fully saturated rings. The van der Waals surface area contributed by atoms with Crippen LogP contribution in [0.25, 0.3) is 0 Å². The lowest BCUT2D eigenvalue weighted by Gasteiger charge is -2.31. The number of anilines is 2. The highest BCUT2D eigenvalue weighted by Gasteiger charge is 2.16. The van der Waals surface area contributed by atoms with Crippen molar-refractivity contribution in [2.75, 3.05) is 50.1 Å². The Balaban J connectivity index is 1.48. The minimum Gasteiger partial charge on any atom is -0.484 e. The third-order valence-corrected chi connectivity index (χ3v) is 4.49. The maximum Gasteiger partial charge on any atom is 0.262 e. The van der Waals surface area contributed by atoms with Crippen LogP contribution in [-0.4, -0.2) is 45.7 Å². The van der Waals surface area contributed by atoms with Crippen LogP contribution in [0.3, 0.4) is 0 Å². The second-order valence-electron chi connectivity index (χ2n) is 6.46. The fraction of sp³-hybridized carbons (Fsp3) is 0.300. The van der Waals surface area contributed by atoms with Gasteiger partial charge >= 0.3 is 0 Å². The molecular formula is C20H23N4O2+. The molecule has 1 heterocycles. The standard InChI is InChI=1S/C20H22N4O2/c1-23-10-12-24(13-11-23)18-6-4-17(5-7-18)22-20(25)15-26-19-8-2-16(14-21)3-9-19/h2-9H,10-13,15H2,1H3,(H,22,25)/p+1. The molecule has 0 aromatic heterocycles. The average Bonchev–Trinajstić information content (AvgIpc) is 2.68. The number of nitrogens with one attached hydrogen (secondary N) is 2. The minimum atomic E-state index is -0.217. The SMILES string of the molecule is C[NH+]1CCN(c2ccc(NC(=O)COc3ccc(C#N)cc3)cc2)CC1. The van der Waals surface area contributed by atoms with E-state index in [0.29, 0.717) is 11.3 Å². The maximum atomic E-state index is 12.0. The molecule has 2 N–H and O–H groups in total. The van der Waals surface area contributed by atoms with Gasteiger partial charge in [-0.1, -0.05) is 0 Å². The molecule has 0 saturated carbocycles. The zero-order valence-electron chi connectivity index (χ0n) is 14.9. The second kappa shape index (κ2) is 8.37. The zero-order valence-corrected chi connectivity index (χ0v) is 14.9. The molecule has 0 aliphatic carbocycles. The Morgan fingerprint density at radius 2 is 1.81 bits per heavy atom. The van der Waals surface area contributed by atoms with Gasteiger partial charge in [0, 0.05) is 11.4 Å². The highest BCUT2D eigenvalue weighted by Crippen LogP contribution is 2.18. The summed E-state index contributed by atoms with van der Waals surface area (Å²) in [4.78, 5) is 16.0. The molecule has 2 aromatic carbocycles. The Kier molecular flexibility index (Phi) is 5.72. The van der Waals surface area contributed by atoms with Gasteiger partial charge in [-0.2, -0.15) is 5.26 Å². The van der Waals surface area contributed by atoms with E-state index in [-0.39, 0.29) is 12.5 Å². The van der Waals surface area contributed by atoms with Gasteiger partial charge in [-0.3, -0.25) is 4.79 Å². The normalized spacial score (nSPS) is 14.5. The van der Waals surface area contributed by atoms with Gasteiger partial charge in [-0.25, -0.2) is 0 Å². The first-order valence-electron chi connectivity index (χ1n) is 8.73. The van der Waals surface area contributed by atoms with E-state index in [0.717, 1.165) is 31.9 Å². The lowest BCUT2D eigenvalue weighted by atomic mass is 10.2. The van der Waals surface area contributed by atoms with Gasteiger partial charge in [0.05, 0.1) is 44.9 Å². The van der Waals surface area contributed by atoms with E-state index in [9.17, 15) is 4.79 Å². The Hall–Kier alpha value is -3.04. The van der Waals surface area contributed by atoms with Gasteiger partial charge in [0.2, 0.25) is 0 Å². The number of likely N-dealkylation sites (N-methyl/N-ethyl adjacent to an activating group) is 1. The second-order valence-corrected chi connectivity index (χ2v) is 6.46. The van der Waals surface area contributed by atoms with Crippen molar-refractivity contribution in [3.8, 4) is 11.8 Å². The van der Waals surface area contributed by atoms with Crippen molar-refractivity contribution in [2.24, 2.45) is 0 Å². The maximum absolute atomic E-state index is 12.0. The average molecular weight is 351 g/mol. The third-order valence-electron chi connectivity index (χ3n) is 4.49. The van der Waals surface area contributed by atoms with Crippen molar-refractivity contribution in [3.63, 3.8) is 0 Å². The van der Waals surface area contributed by atoms with Gasteiger partial charge in [0.1, 0.15) is 5.75 Å². The number of amides is 1. The van der Waals surface area contributed by atoms with Crippen LogP contribution in [-0.2, 0) is 4.79 Å². The van der Waals surface area contributed by atoms with E-state index in [1.165, 1.54) is 5.69 Å². The number of nitriles is 1. The first-order valence-corrected chi connectivity index (χ1v) is 8.73. The summed E-state index contributed by atoms with van der Waals surface area (Å²) in [6, 6.07) is 16.6. The summed E-state index contributed by atoms with van der Waals surface area (Å²) in [6.07, 6.45) is 0. The van der Waals surface area contributed by atoms with E-state index in [1.807, 2.05) is 30.3 Å². The summed E-state index contributed by atoms with van der Waals surface area (Å²) in [7, 11) is 2.22. The fourth-order valence-corrected chi connectivity index (χ4v) is 2.87. The molecule has 3 rings (SSSR count). The fourth-order valence-electron chi connectivity index (χ4n) is 2.87. The van der Waals surface area contributed by atoms with Crippen LogP contribution in [0.15, 0.2) is 48.5 Å². The summed E-state index contributed by atoms with van der Waals surface area (Å²) in [5.74, 6) is 0.344. The van der Waals surface area contributed by atoms with Gasteiger partial charge < -0.3 is 19.9 Å². The Morgan fingerprint density at radius 1 is 1.15 bits per heavy atom. The minimum absolute atomic E-state index is 0.0745. The predicted molar refractivity (Wildman–Crippen MR) is 101 cm³/mol. The highest BCUT2D eigenvalue weighted by atomic mass is 16.5. The van der Waals surface area contributed by atoms with Crippen LogP contribution in [0.1, 0.15) is 5.56 Å². The van der Waals surface area contributed by atoms with E-state index in [4.69, 9.17) is 10.00 Å². The largest absolute Gasteiger partial charge is 0.484 e. The quantitative estimate of drug-likeness (QED) is 0.840. The van der Waals surface area contributed by atoms with Crippen LogP contribution < -0.4 is 19.9 Å². The Labute approximate surface area is 153 Å². The van der Waals surface area contributed by atoms with Crippen molar-refractivity contribution in [3.05, 3.63) is 54.1 Å². The molecule has 0 atom stereocenters. The first-order chi connectivity index (χ1) is 12.6. The summed E-state index contributed by atoms with van der Waals surface area (Å²) < 4.78 is 5.44. The lowest BCUT2D eigenvalue weighted by Crippen LogP contribution is -3.12. The third kappa shape index (κ3) is 4.74. The first kappa shape index (κ1) is 17.8. The molecule has 0 bridgehead atoms. The van der Waals surface area contributed by atoms with E-state index in [2.05, 4.69) is 17.3 Å². The number of hydrogen-bond acceptors (Lipinski definition) is 4. The number of quaternary nitrogens is 1. The Bertz CT molecular complexity index is 773. The number of piperazine rings is 1. The van der Waals surface area contributed by atoms with Gasteiger partial charge in [0.15, 0.2) is 6.61 Å². The number of carbonyl (C=O) groups is 1. The predicted octanol–water partition coefficient (Wildman–Crippen LogP) is 0.910. The van der Waals surface area contributed by atoms with E-state index in [1.54, 1.807) is 29.2 Å². The monoisotopic (exact) mass is 351 g/mol. The molecule has 1 amide bonds. The van der Waals surface area contributed by atoms with Crippen molar-refractivity contribution < 1.29 is 14.4 Å². The van der Waals surface area contributed by atoms with Crippen molar-refractivity contribution >= 4 is 17.3 Å². The number of benzene rings is 2. The Morgan fingerprint density at radius 3 is 2.42 bits per heavy atom. The van der Waals surface area contributed by atoms with Crippen LogP contribution in [0.5, 0.6) is 5.75 Å². The highest BCUT2D eigenvalue weighted by molar-refractivity contribution is 5.92. The zero-order chi connectivity index (χ0) is 18.4. The number of nitrogens with zero attached hydrogens (tertiary/aromatic N) is 2.